The van der Waals surface area contributed by atoms with Gasteiger partial charge in [0, 0.05) is 17.1 Å². The van der Waals surface area contributed by atoms with Crippen LogP contribution < -0.4 is 4.74 Å². The molecule has 0 radical (unpaired) electrons. The van der Waals surface area contributed by atoms with E-state index in [1.165, 1.54) is 0 Å². The van der Waals surface area contributed by atoms with E-state index in [0.29, 0.717) is 0 Å². The van der Waals surface area contributed by atoms with Crippen molar-refractivity contribution in [2.75, 3.05) is 0 Å². The van der Waals surface area contributed by atoms with Gasteiger partial charge < -0.3 is 14.4 Å². The molecular formula is C14H17NO3. The van der Waals surface area contributed by atoms with Crippen molar-refractivity contribution in [3.05, 3.63) is 30.5 Å². The molecule has 4 nitrogen and oxygen atoms in total. The highest BCUT2D eigenvalue weighted by molar-refractivity contribution is 5.84. The van der Waals surface area contributed by atoms with E-state index in [4.69, 9.17) is 9.84 Å². The number of nitrogens with zero attached hydrogens (tertiary/aromatic N) is 1. The first-order chi connectivity index (χ1) is 8.49. The van der Waals surface area contributed by atoms with Crippen LogP contribution in [0, 0.1) is 0 Å². The average molecular weight is 247 g/mol. The molecule has 1 N–H and O–H groups in total. The van der Waals surface area contributed by atoms with Crippen LogP contribution in [0.4, 0.5) is 0 Å². The van der Waals surface area contributed by atoms with E-state index in [-0.39, 0.29) is 6.10 Å². The summed E-state index contributed by atoms with van der Waals surface area (Å²) in [6.07, 6.45) is 1.92. The minimum Gasteiger partial charge on any atom is -0.491 e. The number of carboxylic acid groups (broad SMARTS) is 1. The normalized spacial score (nSPS) is 12.9. The molecule has 96 valence electrons. The highest BCUT2D eigenvalue weighted by atomic mass is 16.5. The Bertz CT molecular complexity index is 571. The van der Waals surface area contributed by atoms with E-state index in [2.05, 4.69) is 0 Å². The Morgan fingerprint density at radius 1 is 1.28 bits per heavy atom. The molecule has 1 atom stereocenters. The molecule has 2 aromatic rings. The second-order valence-corrected chi connectivity index (χ2v) is 4.62. The Labute approximate surface area is 106 Å². The third kappa shape index (κ3) is 2.32. The average Bonchev–Trinajstić information content (AvgIpc) is 2.69. The number of carbonyl (C=O) groups is 1. The molecule has 18 heavy (non-hydrogen) atoms. The molecule has 0 saturated carbocycles. The fraction of sp³-hybridized carbons (Fsp3) is 0.357. The maximum absolute atomic E-state index is 11.0. The summed E-state index contributed by atoms with van der Waals surface area (Å²) in [5, 5.41) is 10.0. The van der Waals surface area contributed by atoms with Crippen LogP contribution in [0.1, 0.15) is 26.8 Å². The largest absolute Gasteiger partial charge is 0.491 e. The summed E-state index contributed by atoms with van der Waals surface area (Å²) in [5.74, 6) is -0.0340. The van der Waals surface area contributed by atoms with Crippen LogP contribution in [0.3, 0.4) is 0 Å². The summed E-state index contributed by atoms with van der Waals surface area (Å²) >= 11 is 0. The molecule has 4 heteroatoms. The third-order valence-corrected chi connectivity index (χ3v) is 2.84. The van der Waals surface area contributed by atoms with Crippen molar-refractivity contribution >= 4 is 16.9 Å². The summed E-state index contributed by atoms with van der Waals surface area (Å²) in [4.78, 5) is 11.0. The Kier molecular flexibility index (Phi) is 3.28. The van der Waals surface area contributed by atoms with E-state index >= 15 is 0 Å². The molecule has 0 aliphatic rings. The van der Waals surface area contributed by atoms with Gasteiger partial charge in [0.2, 0.25) is 0 Å². The number of fused-ring (bicyclic) bond motifs is 1. The van der Waals surface area contributed by atoms with E-state index in [1.54, 1.807) is 17.7 Å². The molecule has 0 bridgehead atoms. The fourth-order valence-corrected chi connectivity index (χ4v) is 1.94. The lowest BCUT2D eigenvalue weighted by atomic mass is 10.2. The van der Waals surface area contributed by atoms with Crippen molar-refractivity contribution in [2.24, 2.45) is 0 Å². The summed E-state index contributed by atoms with van der Waals surface area (Å²) in [6.45, 7) is 5.62. The Hall–Kier alpha value is -1.97. The predicted octanol–water partition coefficient (Wildman–Crippen LogP) is 3.07. The maximum atomic E-state index is 11.0. The maximum Gasteiger partial charge on any atom is 0.326 e. The molecule has 0 aliphatic heterocycles. The first kappa shape index (κ1) is 12.5. The summed E-state index contributed by atoms with van der Waals surface area (Å²) < 4.78 is 7.36. The molecule has 2 rings (SSSR count). The van der Waals surface area contributed by atoms with E-state index in [0.717, 1.165) is 16.7 Å². The standard InChI is InChI=1S/C14H17NO3/c1-9(2)18-12-4-5-13-11(8-12)6-7-15(13)10(3)14(16)17/h4-10H,1-3H3,(H,16,17)/t10-/m0/s1. The van der Waals surface area contributed by atoms with Crippen LogP contribution in [0.5, 0.6) is 5.75 Å². The summed E-state index contributed by atoms with van der Waals surface area (Å²) in [5.41, 5.74) is 0.904. The van der Waals surface area contributed by atoms with Gasteiger partial charge in [-0.15, -0.1) is 0 Å². The van der Waals surface area contributed by atoms with Crippen molar-refractivity contribution in [2.45, 2.75) is 32.9 Å². The lowest BCUT2D eigenvalue weighted by Gasteiger charge is -2.12. The molecule has 1 aromatic heterocycles. The number of benzene rings is 1. The molecule has 0 saturated heterocycles. The Balaban J connectivity index is 2.40. The molecule has 0 spiro atoms. The van der Waals surface area contributed by atoms with Crippen LogP contribution >= 0.6 is 0 Å². The zero-order valence-electron chi connectivity index (χ0n) is 10.8. The second-order valence-electron chi connectivity index (χ2n) is 4.62. The number of aliphatic carboxylic acids is 1. The minimum absolute atomic E-state index is 0.127. The highest BCUT2D eigenvalue weighted by Crippen LogP contribution is 2.25. The number of carboxylic acids is 1. The zero-order chi connectivity index (χ0) is 13.3. The molecular weight excluding hydrogens is 230 g/mol. The molecule has 0 unspecified atom stereocenters. The van der Waals surface area contributed by atoms with Gasteiger partial charge in [-0.1, -0.05) is 0 Å². The molecule has 1 aromatic carbocycles. The summed E-state index contributed by atoms with van der Waals surface area (Å²) in [6, 6.07) is 7.03. The van der Waals surface area contributed by atoms with Crippen molar-refractivity contribution in [3.63, 3.8) is 0 Å². The molecule has 0 fully saturated rings. The zero-order valence-corrected chi connectivity index (χ0v) is 10.8. The number of hydrogen-bond donors (Lipinski definition) is 1. The van der Waals surface area contributed by atoms with Gasteiger partial charge in [0.05, 0.1) is 6.10 Å². The van der Waals surface area contributed by atoms with E-state index in [1.807, 2.05) is 38.1 Å². The third-order valence-electron chi connectivity index (χ3n) is 2.84. The van der Waals surface area contributed by atoms with Gasteiger partial charge in [0.15, 0.2) is 0 Å². The Morgan fingerprint density at radius 2 is 2.00 bits per heavy atom. The van der Waals surface area contributed by atoms with Gasteiger partial charge in [0.1, 0.15) is 11.8 Å². The quantitative estimate of drug-likeness (QED) is 0.903. The van der Waals surface area contributed by atoms with Crippen LogP contribution in [-0.4, -0.2) is 21.7 Å². The van der Waals surface area contributed by atoms with Crippen molar-refractivity contribution in [3.8, 4) is 5.75 Å². The van der Waals surface area contributed by atoms with Gasteiger partial charge in [-0.2, -0.15) is 0 Å². The number of aromatic nitrogens is 1. The van der Waals surface area contributed by atoms with Crippen molar-refractivity contribution in [1.82, 2.24) is 4.57 Å². The minimum atomic E-state index is -0.838. The first-order valence-electron chi connectivity index (χ1n) is 5.99. The van der Waals surface area contributed by atoms with Gasteiger partial charge >= 0.3 is 5.97 Å². The van der Waals surface area contributed by atoms with Crippen LogP contribution in [0.2, 0.25) is 0 Å². The highest BCUT2D eigenvalue weighted by Gasteiger charge is 2.15. The number of rotatable bonds is 4. The van der Waals surface area contributed by atoms with Crippen molar-refractivity contribution < 1.29 is 14.6 Å². The molecule has 0 aliphatic carbocycles. The lowest BCUT2D eigenvalue weighted by molar-refractivity contribution is -0.140. The first-order valence-corrected chi connectivity index (χ1v) is 5.99. The second kappa shape index (κ2) is 4.72. The van der Waals surface area contributed by atoms with Crippen LogP contribution in [0.25, 0.3) is 10.9 Å². The molecule has 1 heterocycles. The number of ether oxygens (including phenoxy) is 1. The predicted molar refractivity (Wildman–Crippen MR) is 70.0 cm³/mol. The van der Waals surface area contributed by atoms with Gasteiger partial charge in [-0.3, -0.25) is 0 Å². The van der Waals surface area contributed by atoms with Crippen LogP contribution in [-0.2, 0) is 4.79 Å². The lowest BCUT2D eigenvalue weighted by Crippen LogP contribution is -2.14. The smallest absolute Gasteiger partial charge is 0.326 e. The Morgan fingerprint density at radius 3 is 2.61 bits per heavy atom. The van der Waals surface area contributed by atoms with Crippen molar-refractivity contribution in [1.29, 1.82) is 0 Å². The van der Waals surface area contributed by atoms with E-state index in [9.17, 15) is 4.79 Å². The fourth-order valence-electron chi connectivity index (χ4n) is 1.94. The SMILES string of the molecule is CC(C)Oc1ccc2c(ccn2[C@@H](C)C(=O)O)c1. The number of hydrogen-bond acceptors (Lipinski definition) is 2. The van der Waals surface area contributed by atoms with Crippen LogP contribution in [0.15, 0.2) is 30.5 Å². The van der Waals surface area contributed by atoms with Gasteiger partial charge in [-0.05, 0) is 45.0 Å². The monoisotopic (exact) mass is 247 g/mol. The topological polar surface area (TPSA) is 51.5 Å². The van der Waals surface area contributed by atoms with Gasteiger partial charge in [0.25, 0.3) is 0 Å². The summed E-state index contributed by atoms with van der Waals surface area (Å²) in [7, 11) is 0. The van der Waals surface area contributed by atoms with E-state index < -0.39 is 12.0 Å². The molecule has 0 amide bonds. The van der Waals surface area contributed by atoms with Gasteiger partial charge in [-0.25, -0.2) is 4.79 Å².